The molecule has 0 spiro atoms. The molecule has 1 aromatic carbocycles. The van der Waals surface area contributed by atoms with Gasteiger partial charge in [0, 0.05) is 23.3 Å². The van der Waals surface area contributed by atoms with E-state index in [1.165, 1.54) is 0 Å². The molecule has 1 aliphatic heterocycles. The quantitative estimate of drug-likeness (QED) is 0.876. The molecule has 1 amide bonds. The molecule has 98 valence electrons. The number of hydrogen-bond acceptors (Lipinski definition) is 3. The lowest BCUT2D eigenvalue weighted by Gasteiger charge is -2.29. The Morgan fingerprint density at radius 1 is 1.56 bits per heavy atom. The number of amides is 1. The van der Waals surface area contributed by atoms with E-state index in [0.717, 1.165) is 31.6 Å². The second kappa shape index (κ2) is 6.18. The first kappa shape index (κ1) is 13.3. The van der Waals surface area contributed by atoms with Crippen molar-refractivity contribution in [3.05, 3.63) is 29.3 Å². The summed E-state index contributed by atoms with van der Waals surface area (Å²) in [7, 11) is 0. The fourth-order valence-corrected chi connectivity index (χ4v) is 2.40. The highest BCUT2D eigenvalue weighted by molar-refractivity contribution is 6.30. The van der Waals surface area contributed by atoms with E-state index in [1.807, 2.05) is 12.1 Å². The number of nitrogens with one attached hydrogen (secondary N) is 1. The fraction of sp³-hybridized carbons (Fsp3) is 0.462. The van der Waals surface area contributed by atoms with Crippen molar-refractivity contribution in [1.82, 2.24) is 4.90 Å². The van der Waals surface area contributed by atoms with Gasteiger partial charge in [-0.05, 0) is 37.6 Å². The zero-order chi connectivity index (χ0) is 13.0. The Hall–Kier alpha value is -1.10. The molecule has 0 saturated carbocycles. The second-order valence-electron chi connectivity index (χ2n) is 4.70. The molecule has 5 heteroatoms. The highest BCUT2D eigenvalue weighted by atomic mass is 35.5. The lowest BCUT2D eigenvalue weighted by molar-refractivity contribution is -0.117. The van der Waals surface area contributed by atoms with Crippen LogP contribution in [0.1, 0.15) is 12.8 Å². The average molecular weight is 268 g/mol. The predicted octanol–water partition coefficient (Wildman–Crippen LogP) is 1.70. The molecule has 0 bridgehead atoms. The molecular formula is C13H18ClN3O. The van der Waals surface area contributed by atoms with Crippen molar-refractivity contribution in [3.63, 3.8) is 0 Å². The van der Waals surface area contributed by atoms with E-state index in [4.69, 9.17) is 17.3 Å². The molecule has 1 atom stereocenters. The van der Waals surface area contributed by atoms with Crippen LogP contribution in [-0.2, 0) is 4.79 Å². The molecule has 1 saturated heterocycles. The molecule has 2 rings (SSSR count). The Morgan fingerprint density at radius 3 is 3.11 bits per heavy atom. The molecule has 1 aliphatic rings. The number of piperidine rings is 1. The van der Waals surface area contributed by atoms with Crippen LogP contribution in [0.25, 0.3) is 0 Å². The van der Waals surface area contributed by atoms with Gasteiger partial charge in [0.05, 0.1) is 6.54 Å². The van der Waals surface area contributed by atoms with Crippen molar-refractivity contribution in [2.45, 2.75) is 18.9 Å². The molecular weight excluding hydrogens is 250 g/mol. The summed E-state index contributed by atoms with van der Waals surface area (Å²) in [5.41, 5.74) is 6.61. The number of rotatable bonds is 3. The molecule has 1 aromatic rings. The highest BCUT2D eigenvalue weighted by Gasteiger charge is 2.18. The zero-order valence-corrected chi connectivity index (χ0v) is 11.0. The monoisotopic (exact) mass is 267 g/mol. The van der Waals surface area contributed by atoms with E-state index in [9.17, 15) is 4.79 Å². The van der Waals surface area contributed by atoms with Crippen LogP contribution in [0.2, 0.25) is 5.02 Å². The van der Waals surface area contributed by atoms with Gasteiger partial charge in [-0.2, -0.15) is 0 Å². The van der Waals surface area contributed by atoms with Gasteiger partial charge in [0.15, 0.2) is 0 Å². The van der Waals surface area contributed by atoms with E-state index in [-0.39, 0.29) is 11.9 Å². The minimum Gasteiger partial charge on any atom is -0.327 e. The van der Waals surface area contributed by atoms with Crippen LogP contribution in [0.3, 0.4) is 0 Å². The maximum Gasteiger partial charge on any atom is 0.238 e. The van der Waals surface area contributed by atoms with Gasteiger partial charge in [-0.1, -0.05) is 17.7 Å². The van der Waals surface area contributed by atoms with E-state index in [0.29, 0.717) is 11.6 Å². The minimum absolute atomic E-state index is 0.0219. The summed E-state index contributed by atoms with van der Waals surface area (Å²) >= 11 is 5.86. The molecule has 0 radical (unpaired) electrons. The summed E-state index contributed by atoms with van der Waals surface area (Å²) in [6.45, 7) is 2.12. The largest absolute Gasteiger partial charge is 0.327 e. The SMILES string of the molecule is N[C@@H]1CCCN(CC(=O)Nc2cccc(Cl)c2)C1. The minimum atomic E-state index is -0.0219. The second-order valence-corrected chi connectivity index (χ2v) is 5.13. The van der Waals surface area contributed by atoms with Gasteiger partial charge < -0.3 is 11.1 Å². The molecule has 0 unspecified atom stereocenters. The third kappa shape index (κ3) is 3.98. The van der Waals surface area contributed by atoms with Gasteiger partial charge in [-0.3, -0.25) is 9.69 Å². The van der Waals surface area contributed by atoms with E-state index < -0.39 is 0 Å². The van der Waals surface area contributed by atoms with Crippen molar-refractivity contribution in [2.24, 2.45) is 5.73 Å². The lowest BCUT2D eigenvalue weighted by atomic mass is 10.1. The Labute approximate surface area is 112 Å². The molecule has 1 heterocycles. The van der Waals surface area contributed by atoms with Crippen molar-refractivity contribution in [1.29, 1.82) is 0 Å². The van der Waals surface area contributed by atoms with E-state index in [1.54, 1.807) is 12.1 Å². The van der Waals surface area contributed by atoms with Crippen molar-refractivity contribution >= 4 is 23.2 Å². The van der Waals surface area contributed by atoms with Gasteiger partial charge >= 0.3 is 0 Å². The predicted molar refractivity (Wildman–Crippen MR) is 73.7 cm³/mol. The van der Waals surface area contributed by atoms with Gasteiger partial charge in [-0.15, -0.1) is 0 Å². The summed E-state index contributed by atoms with van der Waals surface area (Å²) in [5, 5.41) is 3.46. The Bertz CT molecular complexity index is 424. The van der Waals surface area contributed by atoms with Crippen LogP contribution >= 0.6 is 11.6 Å². The third-order valence-corrected chi connectivity index (χ3v) is 3.25. The van der Waals surface area contributed by atoms with E-state index >= 15 is 0 Å². The number of carbonyl (C=O) groups excluding carboxylic acids is 1. The zero-order valence-electron chi connectivity index (χ0n) is 10.2. The normalized spacial score (nSPS) is 20.7. The molecule has 3 N–H and O–H groups in total. The molecule has 18 heavy (non-hydrogen) atoms. The topological polar surface area (TPSA) is 58.4 Å². The summed E-state index contributed by atoms with van der Waals surface area (Å²) in [4.78, 5) is 14.0. The molecule has 4 nitrogen and oxygen atoms in total. The maximum atomic E-state index is 11.9. The number of benzene rings is 1. The van der Waals surface area contributed by atoms with Crippen LogP contribution < -0.4 is 11.1 Å². The number of likely N-dealkylation sites (tertiary alicyclic amines) is 1. The number of nitrogens with zero attached hydrogens (tertiary/aromatic N) is 1. The number of carbonyl (C=O) groups is 1. The highest BCUT2D eigenvalue weighted by Crippen LogP contribution is 2.15. The van der Waals surface area contributed by atoms with Crippen LogP contribution in [0, 0.1) is 0 Å². The lowest BCUT2D eigenvalue weighted by Crippen LogP contribution is -2.45. The maximum absolute atomic E-state index is 11.9. The van der Waals surface area contributed by atoms with E-state index in [2.05, 4.69) is 10.2 Å². The average Bonchev–Trinajstić information content (AvgIpc) is 2.28. The Kier molecular flexibility index (Phi) is 4.58. The third-order valence-electron chi connectivity index (χ3n) is 3.02. The summed E-state index contributed by atoms with van der Waals surface area (Å²) in [6.07, 6.45) is 2.11. The van der Waals surface area contributed by atoms with Gasteiger partial charge in [-0.25, -0.2) is 0 Å². The molecule has 0 aromatic heterocycles. The van der Waals surface area contributed by atoms with Crippen LogP contribution in [0.15, 0.2) is 24.3 Å². The first-order valence-corrected chi connectivity index (χ1v) is 6.54. The first-order chi connectivity index (χ1) is 8.63. The number of anilines is 1. The van der Waals surface area contributed by atoms with Crippen LogP contribution in [0.4, 0.5) is 5.69 Å². The Morgan fingerprint density at radius 2 is 2.39 bits per heavy atom. The number of halogens is 1. The molecule has 1 fully saturated rings. The summed E-state index contributed by atoms with van der Waals surface area (Å²) in [6, 6.07) is 7.35. The first-order valence-electron chi connectivity index (χ1n) is 6.17. The van der Waals surface area contributed by atoms with Crippen LogP contribution in [-0.4, -0.2) is 36.5 Å². The van der Waals surface area contributed by atoms with Crippen molar-refractivity contribution in [3.8, 4) is 0 Å². The fourth-order valence-electron chi connectivity index (χ4n) is 2.20. The summed E-state index contributed by atoms with van der Waals surface area (Å²) in [5.74, 6) is -0.0219. The van der Waals surface area contributed by atoms with Crippen molar-refractivity contribution < 1.29 is 4.79 Å². The molecule has 0 aliphatic carbocycles. The smallest absolute Gasteiger partial charge is 0.238 e. The Balaban J connectivity index is 1.85. The standard InChI is InChI=1S/C13H18ClN3O/c14-10-3-1-5-12(7-10)16-13(18)9-17-6-2-4-11(15)8-17/h1,3,5,7,11H,2,4,6,8-9,15H2,(H,16,18)/t11-/m1/s1. The van der Waals surface area contributed by atoms with Gasteiger partial charge in [0.1, 0.15) is 0 Å². The van der Waals surface area contributed by atoms with Crippen LogP contribution in [0.5, 0.6) is 0 Å². The number of hydrogen-bond donors (Lipinski definition) is 2. The number of nitrogens with two attached hydrogens (primary N) is 1. The summed E-state index contributed by atoms with van der Waals surface area (Å²) < 4.78 is 0. The van der Waals surface area contributed by atoms with Gasteiger partial charge in [0.2, 0.25) is 5.91 Å². The van der Waals surface area contributed by atoms with Gasteiger partial charge in [0.25, 0.3) is 0 Å². The van der Waals surface area contributed by atoms with Crippen molar-refractivity contribution in [2.75, 3.05) is 25.0 Å².